The highest BCUT2D eigenvalue weighted by Gasteiger charge is 2.06. The fourth-order valence-electron chi connectivity index (χ4n) is 1.89. The van der Waals surface area contributed by atoms with Crippen molar-refractivity contribution in [2.45, 2.75) is 13.5 Å². The van der Waals surface area contributed by atoms with Crippen LogP contribution in [0.15, 0.2) is 48.0 Å². The van der Waals surface area contributed by atoms with E-state index in [-0.39, 0.29) is 5.57 Å². The van der Waals surface area contributed by atoms with E-state index in [0.29, 0.717) is 22.9 Å². The van der Waals surface area contributed by atoms with Gasteiger partial charge in [0, 0.05) is 0 Å². The summed E-state index contributed by atoms with van der Waals surface area (Å²) in [6.07, 6.45) is 1.39. The molecule has 2 aromatic rings. The lowest BCUT2D eigenvalue weighted by atomic mass is 10.1. The second-order valence-electron chi connectivity index (χ2n) is 5.00. The molecule has 2 N–H and O–H groups in total. The molecular weight excluding hydrogens is 312 g/mol. The second-order valence-corrected chi connectivity index (χ2v) is 5.41. The minimum Gasteiger partial charge on any atom is -0.487 e. The minimum absolute atomic E-state index is 0.130. The van der Waals surface area contributed by atoms with Gasteiger partial charge in [-0.1, -0.05) is 47.5 Å². The van der Waals surface area contributed by atoms with Gasteiger partial charge in [0.15, 0.2) is 0 Å². The van der Waals surface area contributed by atoms with Crippen LogP contribution in [-0.2, 0) is 11.4 Å². The Hall–Kier alpha value is -2.77. The Morgan fingerprint density at radius 2 is 2.00 bits per heavy atom. The first kappa shape index (κ1) is 16.6. The summed E-state index contributed by atoms with van der Waals surface area (Å²) in [6, 6.07) is 14.8. The molecule has 0 aliphatic heterocycles. The number of carbonyl (C=O) groups excluding carboxylic acids is 1. The van der Waals surface area contributed by atoms with Gasteiger partial charge in [-0.3, -0.25) is 4.79 Å². The molecule has 4 nitrogen and oxygen atoms in total. The number of amides is 1. The molecule has 0 radical (unpaired) electrons. The molecular formula is C18H15ClN2O2. The second kappa shape index (κ2) is 7.48. The average Bonchev–Trinajstić information content (AvgIpc) is 2.53. The van der Waals surface area contributed by atoms with Gasteiger partial charge in [0.05, 0.1) is 5.02 Å². The van der Waals surface area contributed by atoms with Gasteiger partial charge in [-0.25, -0.2) is 0 Å². The summed E-state index contributed by atoms with van der Waals surface area (Å²) >= 11 is 6.17. The van der Waals surface area contributed by atoms with Gasteiger partial charge >= 0.3 is 0 Å². The van der Waals surface area contributed by atoms with Crippen LogP contribution in [0, 0.1) is 18.3 Å². The molecule has 0 atom stereocenters. The van der Waals surface area contributed by atoms with Crippen molar-refractivity contribution in [1.82, 2.24) is 0 Å². The van der Waals surface area contributed by atoms with Crippen LogP contribution >= 0.6 is 11.6 Å². The van der Waals surface area contributed by atoms with Crippen molar-refractivity contribution in [3.05, 3.63) is 69.8 Å². The summed E-state index contributed by atoms with van der Waals surface area (Å²) in [4.78, 5) is 11.0. The highest BCUT2D eigenvalue weighted by atomic mass is 35.5. The maximum atomic E-state index is 11.0. The van der Waals surface area contributed by atoms with Crippen LogP contribution in [0.4, 0.5) is 0 Å². The average molecular weight is 327 g/mol. The minimum atomic E-state index is -0.775. The molecule has 0 unspecified atom stereocenters. The third-order valence-electron chi connectivity index (χ3n) is 3.17. The van der Waals surface area contributed by atoms with Gasteiger partial charge in [-0.2, -0.15) is 5.26 Å². The topological polar surface area (TPSA) is 76.1 Å². The van der Waals surface area contributed by atoms with Gasteiger partial charge < -0.3 is 10.5 Å². The molecule has 0 aliphatic carbocycles. The summed E-state index contributed by atoms with van der Waals surface area (Å²) in [6.45, 7) is 2.43. The Morgan fingerprint density at radius 3 is 2.57 bits per heavy atom. The highest BCUT2D eigenvalue weighted by molar-refractivity contribution is 6.32. The van der Waals surface area contributed by atoms with Gasteiger partial charge in [0.25, 0.3) is 5.91 Å². The molecule has 0 aromatic heterocycles. The molecule has 0 saturated carbocycles. The lowest BCUT2D eigenvalue weighted by Crippen LogP contribution is -2.12. The van der Waals surface area contributed by atoms with Crippen molar-refractivity contribution >= 4 is 23.6 Å². The van der Waals surface area contributed by atoms with E-state index >= 15 is 0 Å². The molecule has 0 bridgehead atoms. The van der Waals surface area contributed by atoms with E-state index in [9.17, 15) is 4.79 Å². The Labute approximate surface area is 139 Å². The van der Waals surface area contributed by atoms with Crippen LogP contribution in [-0.4, -0.2) is 5.91 Å². The number of aryl methyl sites for hydroxylation is 1. The maximum Gasteiger partial charge on any atom is 0.259 e. The fraction of sp³-hybridized carbons (Fsp3) is 0.111. The van der Waals surface area contributed by atoms with E-state index in [2.05, 4.69) is 0 Å². The molecule has 5 heteroatoms. The Bertz CT molecular complexity index is 790. The molecule has 23 heavy (non-hydrogen) atoms. The first-order valence-corrected chi connectivity index (χ1v) is 7.27. The molecule has 0 spiro atoms. The molecule has 0 heterocycles. The zero-order valence-electron chi connectivity index (χ0n) is 12.5. The maximum absolute atomic E-state index is 11.0. The van der Waals surface area contributed by atoms with Crippen molar-refractivity contribution in [1.29, 1.82) is 5.26 Å². The number of rotatable bonds is 5. The van der Waals surface area contributed by atoms with Crippen molar-refractivity contribution in [2.75, 3.05) is 0 Å². The number of nitrogens with two attached hydrogens (primary N) is 1. The van der Waals surface area contributed by atoms with Gasteiger partial charge in [-0.05, 0) is 36.3 Å². The number of nitrogens with zero attached hydrogens (tertiary/aromatic N) is 1. The third-order valence-corrected chi connectivity index (χ3v) is 3.46. The lowest BCUT2D eigenvalue weighted by Gasteiger charge is -2.09. The van der Waals surface area contributed by atoms with Crippen LogP contribution < -0.4 is 10.5 Å². The molecule has 2 rings (SSSR count). The number of ether oxygens (including phenoxy) is 1. The van der Waals surface area contributed by atoms with Crippen LogP contribution in [0.25, 0.3) is 6.08 Å². The molecule has 0 aliphatic rings. The molecule has 1 amide bonds. The van der Waals surface area contributed by atoms with Crippen molar-refractivity contribution in [2.24, 2.45) is 5.73 Å². The molecule has 0 fully saturated rings. The summed E-state index contributed by atoms with van der Waals surface area (Å²) in [5, 5.41) is 9.23. The summed E-state index contributed by atoms with van der Waals surface area (Å²) in [7, 11) is 0. The number of hydrogen-bond acceptors (Lipinski definition) is 3. The number of carbonyl (C=O) groups is 1. The van der Waals surface area contributed by atoms with Crippen molar-refractivity contribution in [3.63, 3.8) is 0 Å². The van der Waals surface area contributed by atoms with Gasteiger partial charge in [0.1, 0.15) is 24.0 Å². The van der Waals surface area contributed by atoms with Crippen LogP contribution in [0.5, 0.6) is 5.75 Å². The van der Waals surface area contributed by atoms with E-state index < -0.39 is 5.91 Å². The zero-order valence-corrected chi connectivity index (χ0v) is 13.3. The lowest BCUT2D eigenvalue weighted by molar-refractivity contribution is -0.114. The SMILES string of the molecule is Cc1ccc(COc2ccc(/C=C(\C#N)C(N)=O)cc2Cl)cc1. The van der Waals surface area contributed by atoms with Crippen LogP contribution in [0.3, 0.4) is 0 Å². The van der Waals surface area contributed by atoms with Crippen molar-refractivity contribution < 1.29 is 9.53 Å². The largest absolute Gasteiger partial charge is 0.487 e. The highest BCUT2D eigenvalue weighted by Crippen LogP contribution is 2.27. The Morgan fingerprint density at radius 1 is 1.30 bits per heavy atom. The zero-order chi connectivity index (χ0) is 16.8. The van der Waals surface area contributed by atoms with Crippen LogP contribution in [0.1, 0.15) is 16.7 Å². The number of hydrogen-bond donors (Lipinski definition) is 1. The summed E-state index contributed by atoms with van der Waals surface area (Å²) in [5.74, 6) is -0.245. The van der Waals surface area contributed by atoms with E-state index in [1.165, 1.54) is 11.6 Å². The van der Waals surface area contributed by atoms with E-state index in [1.807, 2.05) is 31.2 Å². The monoisotopic (exact) mass is 326 g/mol. The first-order valence-electron chi connectivity index (χ1n) is 6.89. The quantitative estimate of drug-likeness (QED) is 0.673. The fourth-order valence-corrected chi connectivity index (χ4v) is 2.14. The number of primary amides is 1. The van der Waals surface area contributed by atoms with E-state index in [4.69, 9.17) is 27.3 Å². The third kappa shape index (κ3) is 4.60. The first-order chi connectivity index (χ1) is 11.0. The van der Waals surface area contributed by atoms with Crippen LogP contribution in [0.2, 0.25) is 5.02 Å². The predicted octanol–water partition coefficient (Wildman–Crippen LogP) is 3.62. The Kier molecular flexibility index (Phi) is 5.40. The Balaban J connectivity index is 2.12. The van der Waals surface area contributed by atoms with Gasteiger partial charge in [0.2, 0.25) is 0 Å². The number of nitriles is 1. The van der Waals surface area contributed by atoms with E-state index in [0.717, 1.165) is 5.56 Å². The normalized spacial score (nSPS) is 10.9. The predicted molar refractivity (Wildman–Crippen MR) is 89.7 cm³/mol. The van der Waals surface area contributed by atoms with Crippen molar-refractivity contribution in [3.8, 4) is 11.8 Å². The molecule has 2 aromatic carbocycles. The summed E-state index contributed by atoms with van der Waals surface area (Å²) < 4.78 is 5.69. The molecule has 0 saturated heterocycles. The summed E-state index contributed by atoms with van der Waals surface area (Å²) in [5.41, 5.74) is 7.80. The standard InChI is InChI=1S/C18H15ClN2O2/c1-12-2-4-13(5-3-12)11-23-17-7-6-14(9-16(17)19)8-15(10-20)18(21)22/h2-9H,11H2,1H3,(H2,21,22)/b15-8+. The number of benzene rings is 2. The van der Waals surface area contributed by atoms with Gasteiger partial charge in [-0.15, -0.1) is 0 Å². The molecule has 116 valence electrons. The van der Waals surface area contributed by atoms with E-state index in [1.54, 1.807) is 24.3 Å². The smallest absolute Gasteiger partial charge is 0.259 e. The number of halogens is 1.